The Hall–Kier alpha value is -1.66. The van der Waals surface area contributed by atoms with Crippen LogP contribution >= 0.6 is 0 Å². The summed E-state index contributed by atoms with van der Waals surface area (Å²) in [4.78, 5) is 12.7. The van der Waals surface area contributed by atoms with Gasteiger partial charge in [0.1, 0.15) is 6.61 Å². The Morgan fingerprint density at radius 1 is 1.43 bits per heavy atom. The molecule has 2 rings (SSSR count). The third-order valence-corrected chi connectivity index (χ3v) is 3.60. The number of nitrogens with zero attached hydrogens (tertiary/aromatic N) is 1. The van der Waals surface area contributed by atoms with Crippen LogP contribution in [0.2, 0.25) is 0 Å². The van der Waals surface area contributed by atoms with Gasteiger partial charge in [-0.15, -0.1) is 0 Å². The highest BCUT2D eigenvalue weighted by molar-refractivity contribution is 5.68. The minimum absolute atomic E-state index is 0.00459. The van der Waals surface area contributed by atoms with E-state index in [2.05, 4.69) is 4.90 Å². The van der Waals surface area contributed by atoms with Gasteiger partial charge in [-0.2, -0.15) is 0 Å². The van der Waals surface area contributed by atoms with Crippen LogP contribution in [-0.2, 0) is 16.1 Å². The maximum Gasteiger partial charge on any atom is 0.329 e. The van der Waals surface area contributed by atoms with Crippen molar-refractivity contribution in [2.75, 3.05) is 26.8 Å². The number of ether oxygens (including phenoxy) is 2. The summed E-state index contributed by atoms with van der Waals surface area (Å²) in [7, 11) is 1.44. The van der Waals surface area contributed by atoms with Gasteiger partial charge in [0, 0.05) is 19.6 Å². The van der Waals surface area contributed by atoms with E-state index in [4.69, 9.17) is 14.6 Å². The van der Waals surface area contributed by atoms with Crippen LogP contribution in [0.4, 0.5) is 4.39 Å². The van der Waals surface area contributed by atoms with E-state index < -0.39 is 5.97 Å². The number of carboxylic acid groups (broad SMARTS) is 1. The quantitative estimate of drug-likeness (QED) is 0.869. The molecule has 116 valence electrons. The number of hydrogen-bond donors (Lipinski definition) is 1. The predicted molar refractivity (Wildman–Crippen MR) is 74.8 cm³/mol. The van der Waals surface area contributed by atoms with E-state index in [1.165, 1.54) is 13.2 Å². The number of rotatable bonds is 6. The Morgan fingerprint density at radius 3 is 2.71 bits per heavy atom. The second kappa shape index (κ2) is 7.38. The average Bonchev–Trinajstić information content (AvgIpc) is 2.47. The Bertz CT molecular complexity index is 487. The Kier molecular flexibility index (Phi) is 5.52. The summed E-state index contributed by atoms with van der Waals surface area (Å²) < 4.78 is 23.8. The third kappa shape index (κ3) is 4.68. The molecule has 0 spiro atoms. The molecule has 1 aliphatic heterocycles. The maximum absolute atomic E-state index is 13.6. The highest BCUT2D eigenvalue weighted by atomic mass is 19.1. The molecule has 1 saturated heterocycles. The van der Waals surface area contributed by atoms with Crippen molar-refractivity contribution in [1.29, 1.82) is 0 Å². The van der Waals surface area contributed by atoms with Crippen LogP contribution < -0.4 is 4.74 Å². The van der Waals surface area contributed by atoms with Gasteiger partial charge in [0.2, 0.25) is 0 Å². The highest BCUT2D eigenvalue weighted by Gasteiger charge is 2.20. The van der Waals surface area contributed by atoms with Crippen LogP contribution in [-0.4, -0.2) is 48.9 Å². The maximum atomic E-state index is 13.6. The summed E-state index contributed by atoms with van der Waals surface area (Å²) in [5, 5.41) is 8.58. The molecule has 1 aromatic carbocycles. The summed E-state index contributed by atoms with van der Waals surface area (Å²) in [6, 6.07) is 4.98. The van der Waals surface area contributed by atoms with Crippen molar-refractivity contribution in [2.45, 2.75) is 25.5 Å². The molecule has 1 aliphatic rings. The molecule has 0 radical (unpaired) electrons. The lowest BCUT2D eigenvalue weighted by Gasteiger charge is -2.31. The van der Waals surface area contributed by atoms with Gasteiger partial charge in [-0.3, -0.25) is 4.90 Å². The van der Waals surface area contributed by atoms with Gasteiger partial charge in [-0.25, -0.2) is 9.18 Å². The van der Waals surface area contributed by atoms with Crippen LogP contribution in [0.15, 0.2) is 18.2 Å². The SMILES string of the molecule is COc1ccc(CN2CCC(OCC(=O)O)CC2)cc1F. The molecule has 1 N–H and O–H groups in total. The number of halogens is 1. The number of likely N-dealkylation sites (tertiary alicyclic amines) is 1. The van der Waals surface area contributed by atoms with Crippen LogP contribution in [0.5, 0.6) is 5.75 Å². The van der Waals surface area contributed by atoms with E-state index in [1.54, 1.807) is 6.07 Å². The van der Waals surface area contributed by atoms with Crippen LogP contribution in [0.1, 0.15) is 18.4 Å². The van der Waals surface area contributed by atoms with Gasteiger partial charge in [-0.1, -0.05) is 6.07 Å². The van der Waals surface area contributed by atoms with Crippen molar-refractivity contribution in [3.8, 4) is 5.75 Å². The molecule has 1 fully saturated rings. The molecule has 0 amide bonds. The van der Waals surface area contributed by atoms with Crippen molar-refractivity contribution in [3.63, 3.8) is 0 Å². The third-order valence-electron chi connectivity index (χ3n) is 3.60. The first-order valence-corrected chi connectivity index (χ1v) is 6.96. The summed E-state index contributed by atoms with van der Waals surface area (Å²) in [5.41, 5.74) is 0.901. The molecular formula is C15H20FNO4. The summed E-state index contributed by atoms with van der Waals surface area (Å²) >= 11 is 0. The number of carbonyl (C=O) groups is 1. The minimum atomic E-state index is -0.939. The molecule has 0 bridgehead atoms. The van der Waals surface area contributed by atoms with E-state index in [9.17, 15) is 9.18 Å². The van der Waals surface area contributed by atoms with Gasteiger partial charge in [0.05, 0.1) is 13.2 Å². The molecule has 0 saturated carbocycles. The summed E-state index contributed by atoms with van der Waals surface area (Å²) in [6.45, 7) is 2.07. The largest absolute Gasteiger partial charge is 0.494 e. The zero-order chi connectivity index (χ0) is 15.2. The molecule has 0 atom stereocenters. The standard InChI is InChI=1S/C15H20FNO4/c1-20-14-3-2-11(8-13(14)16)9-17-6-4-12(5-7-17)21-10-15(18)19/h2-3,8,12H,4-7,9-10H2,1H3,(H,18,19). The van der Waals surface area contributed by atoms with Crippen LogP contribution in [0.3, 0.4) is 0 Å². The monoisotopic (exact) mass is 297 g/mol. The predicted octanol–water partition coefficient (Wildman–Crippen LogP) is 1.90. The Balaban J connectivity index is 1.80. The van der Waals surface area contributed by atoms with Crippen molar-refractivity contribution < 1.29 is 23.8 Å². The number of piperidine rings is 1. The van der Waals surface area contributed by atoms with Gasteiger partial charge in [0.15, 0.2) is 11.6 Å². The first-order valence-electron chi connectivity index (χ1n) is 6.96. The first-order chi connectivity index (χ1) is 10.1. The number of benzene rings is 1. The number of methoxy groups -OCH3 is 1. The Labute approximate surface area is 123 Å². The Morgan fingerprint density at radius 2 is 2.14 bits per heavy atom. The van der Waals surface area contributed by atoms with E-state index >= 15 is 0 Å². The molecule has 0 aromatic heterocycles. The molecule has 0 unspecified atom stereocenters. The second-order valence-corrected chi connectivity index (χ2v) is 5.15. The van der Waals surface area contributed by atoms with Crippen LogP contribution in [0, 0.1) is 5.82 Å². The molecule has 5 nitrogen and oxygen atoms in total. The molecule has 1 heterocycles. The lowest BCUT2D eigenvalue weighted by atomic mass is 10.1. The van der Waals surface area contributed by atoms with Gasteiger partial charge in [0.25, 0.3) is 0 Å². The molecule has 1 aromatic rings. The fraction of sp³-hybridized carbons (Fsp3) is 0.533. The van der Waals surface area contributed by atoms with Crippen molar-refractivity contribution in [2.24, 2.45) is 0 Å². The van der Waals surface area contributed by atoms with Crippen molar-refractivity contribution in [1.82, 2.24) is 4.90 Å². The lowest BCUT2D eigenvalue weighted by molar-refractivity contribution is -0.145. The zero-order valence-electron chi connectivity index (χ0n) is 12.0. The number of aliphatic carboxylic acids is 1. The van der Waals surface area contributed by atoms with E-state index in [0.717, 1.165) is 31.5 Å². The molecular weight excluding hydrogens is 277 g/mol. The fourth-order valence-electron chi connectivity index (χ4n) is 2.49. The topological polar surface area (TPSA) is 59.0 Å². The normalized spacial score (nSPS) is 16.9. The summed E-state index contributed by atoms with van der Waals surface area (Å²) in [6.07, 6.45) is 1.60. The van der Waals surface area contributed by atoms with Gasteiger partial charge >= 0.3 is 5.97 Å². The average molecular weight is 297 g/mol. The number of carboxylic acids is 1. The van der Waals surface area contributed by atoms with Crippen molar-refractivity contribution >= 4 is 5.97 Å². The van der Waals surface area contributed by atoms with E-state index in [1.807, 2.05) is 6.07 Å². The zero-order valence-corrected chi connectivity index (χ0v) is 12.0. The second-order valence-electron chi connectivity index (χ2n) is 5.15. The lowest BCUT2D eigenvalue weighted by Crippen LogP contribution is -2.37. The highest BCUT2D eigenvalue weighted by Crippen LogP contribution is 2.20. The fourth-order valence-corrected chi connectivity index (χ4v) is 2.49. The van der Waals surface area contributed by atoms with Crippen LogP contribution in [0.25, 0.3) is 0 Å². The van der Waals surface area contributed by atoms with Gasteiger partial charge in [-0.05, 0) is 30.5 Å². The summed E-state index contributed by atoms with van der Waals surface area (Å²) in [5.74, 6) is -1.04. The number of hydrogen-bond acceptors (Lipinski definition) is 4. The first kappa shape index (κ1) is 15.7. The van der Waals surface area contributed by atoms with Gasteiger partial charge < -0.3 is 14.6 Å². The minimum Gasteiger partial charge on any atom is -0.494 e. The van der Waals surface area contributed by atoms with E-state index in [-0.39, 0.29) is 24.3 Å². The smallest absolute Gasteiger partial charge is 0.329 e. The van der Waals surface area contributed by atoms with E-state index in [0.29, 0.717) is 6.54 Å². The van der Waals surface area contributed by atoms with Crippen molar-refractivity contribution in [3.05, 3.63) is 29.6 Å². The molecule has 21 heavy (non-hydrogen) atoms. The molecule has 0 aliphatic carbocycles. The molecule has 6 heteroatoms.